The average Bonchev–Trinajstić information content (AvgIpc) is 3.28. The first-order valence-electron chi connectivity index (χ1n) is 18.8. The van der Waals surface area contributed by atoms with Crippen LogP contribution in [0.15, 0.2) is 52.9 Å². The lowest BCUT2D eigenvalue weighted by atomic mass is 9.68. The summed E-state index contributed by atoms with van der Waals surface area (Å²) in [5.74, 6) is 0.0875. The van der Waals surface area contributed by atoms with Crippen molar-refractivity contribution in [2.75, 3.05) is 51.5 Å². The number of carbonyl (C=O) groups excluding carboxylic acids is 2. The Kier molecular flexibility index (Phi) is 10.2. The molecule has 1 N–H and O–H groups in total. The molecule has 0 aromatic heterocycles. The van der Waals surface area contributed by atoms with Crippen LogP contribution in [-0.4, -0.2) is 84.6 Å². The number of carbonyl (C=O) groups is 2. The van der Waals surface area contributed by atoms with Crippen LogP contribution in [0.2, 0.25) is 5.02 Å². The van der Waals surface area contributed by atoms with Crippen LogP contribution in [0, 0.1) is 17.8 Å². The molecule has 0 unspecified atom stereocenters. The highest BCUT2D eigenvalue weighted by Crippen LogP contribution is 2.47. The van der Waals surface area contributed by atoms with Gasteiger partial charge in [-0.3, -0.25) is 9.59 Å². The van der Waals surface area contributed by atoms with Gasteiger partial charge in [0.15, 0.2) is 9.92 Å². The second-order valence-corrected chi connectivity index (χ2v) is 18.0. The van der Waals surface area contributed by atoms with E-state index in [2.05, 4.69) is 39.0 Å². The fourth-order valence-corrected chi connectivity index (χ4v) is 11.4. The zero-order valence-electron chi connectivity index (χ0n) is 30.0. The molecule has 1 saturated carbocycles. The number of ether oxygens (including phenoxy) is 4. The van der Waals surface area contributed by atoms with Crippen molar-refractivity contribution in [2.24, 2.45) is 22.1 Å². The van der Waals surface area contributed by atoms with Crippen LogP contribution in [0.5, 0.6) is 5.75 Å². The summed E-state index contributed by atoms with van der Waals surface area (Å²) >= 11 is 6.46. The van der Waals surface area contributed by atoms with Gasteiger partial charge in [-0.25, -0.2) is 4.21 Å². The van der Waals surface area contributed by atoms with Crippen molar-refractivity contribution >= 4 is 39.0 Å². The average molecular weight is 753 g/mol. The molecule has 2 saturated heterocycles. The summed E-state index contributed by atoms with van der Waals surface area (Å²) in [6, 6.07) is 11.6. The molecule has 52 heavy (non-hydrogen) atoms. The molecule has 2 aromatic rings. The summed E-state index contributed by atoms with van der Waals surface area (Å²) in [5.41, 5.74) is 6.49. The molecule has 7 atom stereocenters. The second kappa shape index (κ2) is 14.7. The maximum Gasteiger partial charge on any atom is 0.286 e. The molecule has 2 aromatic carbocycles. The zero-order chi connectivity index (χ0) is 36.0. The number of hydrazine groups is 1. The highest BCUT2D eigenvalue weighted by Gasteiger charge is 2.49. The molecule has 13 heteroatoms. The number of nitrogens with one attached hydrogen (secondary N) is 1. The van der Waals surface area contributed by atoms with Crippen molar-refractivity contribution in [1.82, 2.24) is 9.84 Å². The molecule has 2 amide bonds. The third-order valence-electron chi connectivity index (χ3n) is 12.1. The van der Waals surface area contributed by atoms with E-state index in [0.717, 1.165) is 60.3 Å². The molecule has 4 heterocycles. The SMILES string of the molecule is CO[C@H]1/C=C\C[C@H](C)[C@H]2NN(C(=O)COC3CCOCC3)[S@@]2(=O)=NC(=O)c2ccc3c(c2)N(C[C@@H]2CC[C@H]21)C[C@@]1(CCCc2cc(Cl)ccc21)CO3. The smallest absolute Gasteiger partial charge is 0.286 e. The monoisotopic (exact) mass is 752 g/mol. The van der Waals surface area contributed by atoms with Gasteiger partial charge < -0.3 is 23.8 Å². The van der Waals surface area contributed by atoms with E-state index in [4.69, 9.17) is 30.5 Å². The van der Waals surface area contributed by atoms with Crippen LogP contribution in [0.4, 0.5) is 5.69 Å². The van der Waals surface area contributed by atoms with Gasteiger partial charge in [-0.2, -0.15) is 9.84 Å². The molecule has 2 aliphatic carbocycles. The summed E-state index contributed by atoms with van der Waals surface area (Å²) in [4.78, 5) is 30.0. The number of aryl methyl sites for hydroxylation is 1. The molecule has 0 radical (unpaired) electrons. The van der Waals surface area contributed by atoms with Gasteiger partial charge in [0.2, 0.25) is 0 Å². The molecular formula is C39H49ClN4O7S. The van der Waals surface area contributed by atoms with E-state index < -0.39 is 27.1 Å². The van der Waals surface area contributed by atoms with E-state index in [1.54, 1.807) is 13.2 Å². The number of amides is 2. The van der Waals surface area contributed by atoms with Crippen LogP contribution < -0.4 is 15.1 Å². The number of benzene rings is 2. The van der Waals surface area contributed by atoms with Crippen molar-refractivity contribution < 1.29 is 32.7 Å². The number of methoxy groups -OCH3 is 1. The third-order valence-corrected chi connectivity index (χ3v) is 14.9. The minimum Gasteiger partial charge on any atom is -0.490 e. The topological polar surface area (TPSA) is 119 Å². The first kappa shape index (κ1) is 36.0. The molecule has 3 fully saturated rings. The summed E-state index contributed by atoms with van der Waals surface area (Å²) < 4.78 is 44.2. The van der Waals surface area contributed by atoms with Crippen LogP contribution in [0.1, 0.15) is 73.4 Å². The van der Waals surface area contributed by atoms with Gasteiger partial charge in [0.25, 0.3) is 11.8 Å². The first-order chi connectivity index (χ1) is 25.2. The summed E-state index contributed by atoms with van der Waals surface area (Å²) in [6.45, 7) is 4.85. The van der Waals surface area contributed by atoms with Gasteiger partial charge in [-0.1, -0.05) is 36.7 Å². The van der Waals surface area contributed by atoms with Crippen molar-refractivity contribution in [3.63, 3.8) is 0 Å². The Balaban J connectivity index is 1.16. The van der Waals surface area contributed by atoms with Crippen molar-refractivity contribution in [2.45, 2.75) is 81.3 Å². The molecule has 6 aliphatic rings. The number of allylic oxidation sites excluding steroid dienone is 1. The standard InChI is InChI=1S/C39H49ClN4O7S/c1-25-5-3-7-34(48-2)31-11-8-28(31)21-43-23-39(16-4-6-26-19-29(40)10-12-32(26)39)24-51-35-13-9-27(20-33(35)43)37(46)42-52(47)38(25)41-44(52)36(45)22-50-30-14-17-49-18-15-30/h3,7,9-10,12-13,19-20,25,28,30-31,34,38,41H,4-6,8,11,14-18,21-24H2,1-2H3/b7-3-/t25-,28-,31+,34-,38-,39-,52-/m0/s1. The van der Waals surface area contributed by atoms with Gasteiger partial charge in [0, 0.05) is 49.4 Å². The molecular weight excluding hydrogens is 704 g/mol. The van der Waals surface area contributed by atoms with Gasteiger partial charge >= 0.3 is 0 Å². The Hall–Kier alpha value is -3.00. The van der Waals surface area contributed by atoms with Gasteiger partial charge in [0.1, 0.15) is 17.7 Å². The predicted octanol–water partition coefficient (Wildman–Crippen LogP) is 5.84. The number of anilines is 1. The van der Waals surface area contributed by atoms with E-state index in [1.165, 1.54) is 11.1 Å². The van der Waals surface area contributed by atoms with E-state index in [-0.39, 0.29) is 30.1 Å². The second-order valence-electron chi connectivity index (χ2n) is 15.4. The van der Waals surface area contributed by atoms with E-state index in [9.17, 15) is 13.8 Å². The highest BCUT2D eigenvalue weighted by atomic mass is 35.5. The number of rotatable bonds is 4. The van der Waals surface area contributed by atoms with Crippen LogP contribution >= 0.6 is 11.6 Å². The van der Waals surface area contributed by atoms with E-state index >= 15 is 0 Å². The number of nitrogens with zero attached hydrogens (tertiary/aromatic N) is 3. The highest BCUT2D eigenvalue weighted by molar-refractivity contribution is 7.93. The summed E-state index contributed by atoms with van der Waals surface area (Å²) in [7, 11) is -1.74. The Labute approximate surface area is 311 Å². The summed E-state index contributed by atoms with van der Waals surface area (Å²) in [6.07, 6.45) is 11.1. The molecule has 1 spiro atoms. The Morgan fingerprint density at radius 1 is 1.15 bits per heavy atom. The number of halogens is 1. The lowest BCUT2D eigenvalue weighted by Crippen LogP contribution is -2.70. The molecule has 4 aliphatic heterocycles. The maximum atomic E-state index is 14.8. The minimum absolute atomic E-state index is 0.0650. The quantitative estimate of drug-likeness (QED) is 0.385. The number of fused-ring (bicyclic) bond motifs is 5. The zero-order valence-corrected chi connectivity index (χ0v) is 31.5. The Morgan fingerprint density at radius 3 is 2.79 bits per heavy atom. The minimum atomic E-state index is -3.50. The Morgan fingerprint density at radius 2 is 2.00 bits per heavy atom. The van der Waals surface area contributed by atoms with Crippen LogP contribution in [-0.2, 0) is 40.8 Å². The van der Waals surface area contributed by atoms with Gasteiger partial charge in [0.05, 0.1) is 24.5 Å². The predicted molar refractivity (Wildman–Crippen MR) is 199 cm³/mol. The van der Waals surface area contributed by atoms with E-state index in [0.29, 0.717) is 62.2 Å². The van der Waals surface area contributed by atoms with Crippen molar-refractivity contribution in [3.8, 4) is 5.75 Å². The van der Waals surface area contributed by atoms with Crippen molar-refractivity contribution in [1.29, 1.82) is 0 Å². The molecule has 11 nitrogen and oxygen atoms in total. The molecule has 2 bridgehead atoms. The van der Waals surface area contributed by atoms with Crippen LogP contribution in [0.3, 0.4) is 0 Å². The van der Waals surface area contributed by atoms with Crippen LogP contribution in [0.25, 0.3) is 0 Å². The number of hydrogen-bond donors (Lipinski definition) is 1. The fourth-order valence-electron chi connectivity index (χ4n) is 9.06. The lowest BCUT2D eigenvalue weighted by molar-refractivity contribution is -0.139. The third kappa shape index (κ3) is 6.68. The Bertz CT molecular complexity index is 1860. The van der Waals surface area contributed by atoms with Gasteiger partial charge in [-0.15, -0.1) is 4.36 Å². The summed E-state index contributed by atoms with van der Waals surface area (Å²) in [5, 5.41) is 0.0316. The lowest BCUT2D eigenvalue weighted by Gasteiger charge is -2.46. The molecule has 280 valence electrons. The van der Waals surface area contributed by atoms with Crippen molar-refractivity contribution in [3.05, 3.63) is 70.3 Å². The van der Waals surface area contributed by atoms with Gasteiger partial charge in [-0.05, 0) is 111 Å². The normalized spacial score (nSPS) is 34.0. The maximum absolute atomic E-state index is 14.8. The van der Waals surface area contributed by atoms with E-state index in [1.807, 2.05) is 25.1 Å². The number of hydrogen-bond acceptors (Lipinski definition) is 9. The largest absolute Gasteiger partial charge is 0.490 e. The molecule has 8 rings (SSSR count). The first-order valence-corrected chi connectivity index (χ1v) is 20.7. The fraction of sp³-hybridized carbons (Fsp3) is 0.590.